The first-order chi connectivity index (χ1) is 15.2. The van der Waals surface area contributed by atoms with Crippen molar-refractivity contribution in [2.75, 3.05) is 39.9 Å². The maximum atomic E-state index is 13.1. The van der Waals surface area contributed by atoms with Gasteiger partial charge < -0.3 is 19.7 Å². The molecule has 0 radical (unpaired) electrons. The predicted molar refractivity (Wildman–Crippen MR) is 115 cm³/mol. The minimum atomic E-state index is -0.372. The number of rotatable bonds is 4. The van der Waals surface area contributed by atoms with Crippen molar-refractivity contribution < 1.29 is 14.3 Å². The van der Waals surface area contributed by atoms with Gasteiger partial charge >= 0.3 is 0 Å². The highest BCUT2D eigenvalue weighted by Crippen LogP contribution is 2.45. The average Bonchev–Trinajstić information content (AvgIpc) is 3.28. The van der Waals surface area contributed by atoms with Gasteiger partial charge in [0.1, 0.15) is 11.4 Å². The van der Waals surface area contributed by atoms with Crippen molar-refractivity contribution in [1.82, 2.24) is 25.2 Å². The molecule has 0 saturated carbocycles. The van der Waals surface area contributed by atoms with Gasteiger partial charge in [-0.15, -0.1) is 5.10 Å². The number of aromatic nitrogens is 3. The summed E-state index contributed by atoms with van der Waals surface area (Å²) in [6, 6.07) is 6.22. The second-order valence-corrected chi connectivity index (χ2v) is 8.92. The van der Waals surface area contributed by atoms with Crippen molar-refractivity contribution in [2.24, 2.45) is 5.92 Å². The lowest BCUT2D eigenvalue weighted by molar-refractivity contribution is -0.0947. The van der Waals surface area contributed by atoms with Crippen LogP contribution in [-0.4, -0.2) is 65.7 Å². The maximum Gasteiger partial charge on any atom is 0.276 e. The third-order valence-corrected chi connectivity index (χ3v) is 7.00. The van der Waals surface area contributed by atoms with Crippen LogP contribution < -0.4 is 10.1 Å². The summed E-state index contributed by atoms with van der Waals surface area (Å²) in [4.78, 5) is 15.0. The number of carbonyl (C=O) groups is 1. The van der Waals surface area contributed by atoms with E-state index in [0.29, 0.717) is 31.3 Å². The Balaban J connectivity index is 1.26. The van der Waals surface area contributed by atoms with Gasteiger partial charge in [-0.2, -0.15) is 0 Å². The molecule has 3 aliphatic rings. The Kier molecular flexibility index (Phi) is 5.67. The molecule has 0 aliphatic carbocycles. The van der Waals surface area contributed by atoms with Gasteiger partial charge in [0.25, 0.3) is 5.91 Å². The van der Waals surface area contributed by atoms with Gasteiger partial charge in [-0.3, -0.25) is 9.48 Å². The molecule has 31 heavy (non-hydrogen) atoms. The zero-order valence-electron chi connectivity index (χ0n) is 18.2. The molecule has 1 unspecified atom stereocenters. The van der Waals surface area contributed by atoms with Gasteiger partial charge in [0, 0.05) is 25.2 Å². The molecule has 8 heteroatoms. The van der Waals surface area contributed by atoms with Crippen molar-refractivity contribution in [3.8, 4) is 5.75 Å². The van der Waals surface area contributed by atoms with Crippen LogP contribution in [0.1, 0.15) is 47.3 Å². The van der Waals surface area contributed by atoms with Crippen LogP contribution in [0.2, 0.25) is 0 Å². The lowest BCUT2D eigenvalue weighted by Gasteiger charge is -2.45. The monoisotopic (exact) mass is 425 g/mol. The zero-order chi connectivity index (χ0) is 21.3. The first-order valence-electron chi connectivity index (χ1n) is 11.4. The average molecular weight is 426 g/mol. The molecular formula is C23H31N5O3. The number of likely N-dealkylation sites (tertiary alicyclic amines) is 1. The van der Waals surface area contributed by atoms with Gasteiger partial charge in [-0.1, -0.05) is 17.3 Å². The fourth-order valence-corrected chi connectivity index (χ4v) is 5.36. The zero-order valence-corrected chi connectivity index (χ0v) is 18.2. The summed E-state index contributed by atoms with van der Waals surface area (Å²) < 4.78 is 13.8. The molecule has 2 fully saturated rings. The molecule has 1 N–H and O–H groups in total. The lowest BCUT2D eigenvalue weighted by atomic mass is 9.78. The van der Waals surface area contributed by atoms with E-state index in [1.165, 1.54) is 24.0 Å². The number of amides is 1. The second kappa shape index (κ2) is 8.59. The molecule has 1 spiro atoms. The number of methoxy groups -OCH3 is 1. The molecule has 1 atom stereocenters. The fourth-order valence-electron chi connectivity index (χ4n) is 5.36. The summed E-state index contributed by atoms with van der Waals surface area (Å²) in [5.41, 5.74) is 2.53. The molecule has 0 bridgehead atoms. The number of nitrogens with one attached hydrogen (secondary N) is 1. The number of fused-ring (bicyclic) bond motifs is 2. The van der Waals surface area contributed by atoms with Gasteiger partial charge in [-0.05, 0) is 62.7 Å². The molecular weight excluding hydrogens is 394 g/mol. The quantitative estimate of drug-likeness (QED) is 0.807. The largest absolute Gasteiger partial charge is 0.496 e. The first kappa shape index (κ1) is 20.5. The van der Waals surface area contributed by atoms with Gasteiger partial charge in [0.05, 0.1) is 19.9 Å². The number of benzene rings is 1. The van der Waals surface area contributed by atoms with Crippen molar-refractivity contribution in [3.63, 3.8) is 0 Å². The lowest BCUT2D eigenvalue weighted by Crippen LogP contribution is -2.48. The third-order valence-electron chi connectivity index (χ3n) is 7.00. The van der Waals surface area contributed by atoms with E-state index < -0.39 is 0 Å². The first-order valence-corrected chi connectivity index (χ1v) is 11.4. The van der Waals surface area contributed by atoms with Crippen molar-refractivity contribution in [3.05, 3.63) is 41.2 Å². The highest BCUT2D eigenvalue weighted by molar-refractivity contribution is 5.92. The SMILES string of the molecule is COc1cccc2c1C1(CCN(C(=O)c3cn(CC4CCCNC4)nn3)CC1)OCC2. The molecule has 8 nitrogen and oxygen atoms in total. The van der Waals surface area contributed by atoms with E-state index in [2.05, 4.69) is 21.7 Å². The molecule has 5 rings (SSSR count). The third kappa shape index (κ3) is 3.94. The van der Waals surface area contributed by atoms with E-state index in [9.17, 15) is 4.79 Å². The van der Waals surface area contributed by atoms with Crippen molar-refractivity contribution in [2.45, 2.75) is 44.2 Å². The molecule has 1 aromatic carbocycles. The topological polar surface area (TPSA) is 81.5 Å². The van der Waals surface area contributed by atoms with Gasteiger partial charge in [0.2, 0.25) is 0 Å². The van der Waals surface area contributed by atoms with Gasteiger partial charge in [-0.25, -0.2) is 0 Å². The highest BCUT2D eigenvalue weighted by Gasteiger charge is 2.44. The van der Waals surface area contributed by atoms with E-state index in [-0.39, 0.29) is 11.5 Å². The van der Waals surface area contributed by atoms with Crippen LogP contribution in [0, 0.1) is 5.92 Å². The smallest absolute Gasteiger partial charge is 0.276 e. The second-order valence-electron chi connectivity index (χ2n) is 8.92. The number of nitrogens with zero attached hydrogens (tertiary/aromatic N) is 4. The van der Waals surface area contributed by atoms with E-state index in [1.807, 2.05) is 21.7 Å². The van der Waals surface area contributed by atoms with Crippen LogP contribution in [0.15, 0.2) is 24.4 Å². The van der Waals surface area contributed by atoms with Crippen LogP contribution in [-0.2, 0) is 23.3 Å². The van der Waals surface area contributed by atoms with E-state index in [0.717, 1.165) is 44.6 Å². The van der Waals surface area contributed by atoms with E-state index >= 15 is 0 Å². The standard InChI is InChI=1S/C23H31N5O3/c1-30-20-6-2-5-18-7-13-31-23(21(18)20)8-11-27(12-9-23)22(29)19-16-28(26-25-19)15-17-4-3-10-24-14-17/h2,5-6,16-17,24H,3-4,7-15H2,1H3. The van der Waals surface area contributed by atoms with Crippen LogP contribution in [0.4, 0.5) is 0 Å². The van der Waals surface area contributed by atoms with Crippen molar-refractivity contribution in [1.29, 1.82) is 0 Å². The predicted octanol–water partition coefficient (Wildman–Crippen LogP) is 1.99. The Labute approximate surface area is 182 Å². The van der Waals surface area contributed by atoms with E-state index in [1.54, 1.807) is 13.3 Å². The molecule has 4 heterocycles. The van der Waals surface area contributed by atoms with Crippen LogP contribution in [0.5, 0.6) is 5.75 Å². The summed E-state index contributed by atoms with van der Waals surface area (Å²) >= 11 is 0. The minimum absolute atomic E-state index is 0.0427. The fraction of sp³-hybridized carbons (Fsp3) is 0.609. The summed E-state index contributed by atoms with van der Waals surface area (Å²) in [6.45, 7) is 4.88. The number of ether oxygens (including phenoxy) is 2. The molecule has 2 aromatic rings. The maximum absolute atomic E-state index is 13.1. The van der Waals surface area contributed by atoms with Crippen LogP contribution >= 0.6 is 0 Å². The number of carbonyl (C=O) groups excluding carboxylic acids is 1. The normalized spacial score (nSPS) is 22.9. The highest BCUT2D eigenvalue weighted by atomic mass is 16.5. The molecule has 2 saturated heterocycles. The Bertz CT molecular complexity index is 915. The van der Waals surface area contributed by atoms with Crippen molar-refractivity contribution >= 4 is 5.91 Å². The Hall–Kier alpha value is -2.45. The Morgan fingerprint density at radius 3 is 3.00 bits per heavy atom. The minimum Gasteiger partial charge on any atom is -0.496 e. The summed E-state index contributed by atoms with van der Waals surface area (Å²) in [7, 11) is 1.71. The van der Waals surface area contributed by atoms with E-state index in [4.69, 9.17) is 9.47 Å². The van der Waals surface area contributed by atoms with Crippen LogP contribution in [0.25, 0.3) is 0 Å². The summed E-state index contributed by atoms with van der Waals surface area (Å²) in [6.07, 6.45) is 6.60. The molecule has 1 amide bonds. The molecule has 1 aromatic heterocycles. The van der Waals surface area contributed by atoms with Crippen LogP contribution in [0.3, 0.4) is 0 Å². The number of hydrogen-bond donors (Lipinski definition) is 1. The Morgan fingerprint density at radius 2 is 2.23 bits per heavy atom. The number of hydrogen-bond acceptors (Lipinski definition) is 6. The molecule has 3 aliphatic heterocycles. The van der Waals surface area contributed by atoms with Gasteiger partial charge in [0.15, 0.2) is 5.69 Å². The number of piperidine rings is 2. The summed E-state index contributed by atoms with van der Waals surface area (Å²) in [5, 5.41) is 11.8. The Morgan fingerprint density at radius 1 is 1.35 bits per heavy atom. The molecule has 166 valence electrons. The summed E-state index contributed by atoms with van der Waals surface area (Å²) in [5.74, 6) is 1.39.